The Morgan fingerprint density at radius 3 is 2.69 bits per heavy atom. The highest BCUT2D eigenvalue weighted by Gasteiger charge is 2.33. The number of hydrogen-bond acceptors (Lipinski definition) is 3. The molecule has 1 aliphatic carbocycles. The maximum absolute atomic E-state index is 11.4. The van der Waals surface area contributed by atoms with Crippen molar-refractivity contribution in [3.05, 3.63) is 35.9 Å². The lowest BCUT2D eigenvalue weighted by molar-refractivity contribution is -0.145. The lowest BCUT2D eigenvalue weighted by Gasteiger charge is -2.04. The van der Waals surface area contributed by atoms with E-state index in [4.69, 9.17) is 10.5 Å². The van der Waals surface area contributed by atoms with Gasteiger partial charge >= 0.3 is 5.97 Å². The van der Waals surface area contributed by atoms with Gasteiger partial charge in [0.1, 0.15) is 6.61 Å². The summed E-state index contributed by atoms with van der Waals surface area (Å²) in [6, 6.07) is 10.0. The molecule has 0 bridgehead atoms. The molecule has 1 saturated carbocycles. The van der Waals surface area contributed by atoms with E-state index in [1.54, 1.807) is 0 Å². The average molecular weight is 219 g/mol. The molecule has 1 fully saturated rings. The zero-order valence-corrected chi connectivity index (χ0v) is 9.26. The summed E-state index contributed by atoms with van der Waals surface area (Å²) >= 11 is 0. The number of carbonyl (C=O) groups excluding carboxylic acids is 1. The van der Waals surface area contributed by atoms with Crippen LogP contribution in [-0.4, -0.2) is 12.0 Å². The fourth-order valence-corrected chi connectivity index (χ4v) is 1.72. The summed E-state index contributed by atoms with van der Waals surface area (Å²) in [7, 11) is 0. The van der Waals surface area contributed by atoms with Crippen LogP contribution in [0.5, 0.6) is 0 Å². The number of rotatable bonds is 5. The first kappa shape index (κ1) is 11.1. The van der Waals surface area contributed by atoms with Gasteiger partial charge in [0.05, 0.1) is 0 Å². The van der Waals surface area contributed by atoms with Gasteiger partial charge in [-0.15, -0.1) is 0 Å². The van der Waals surface area contributed by atoms with Crippen molar-refractivity contribution in [1.29, 1.82) is 0 Å². The minimum atomic E-state index is -0.122. The van der Waals surface area contributed by atoms with Crippen LogP contribution in [0, 0.1) is 5.92 Å². The van der Waals surface area contributed by atoms with Gasteiger partial charge in [-0.25, -0.2) is 0 Å². The zero-order valence-electron chi connectivity index (χ0n) is 9.26. The Bertz CT molecular complexity index is 350. The van der Waals surface area contributed by atoms with Crippen LogP contribution < -0.4 is 5.73 Å². The molecule has 1 aromatic rings. The predicted molar refractivity (Wildman–Crippen MR) is 61.6 cm³/mol. The fourth-order valence-electron chi connectivity index (χ4n) is 1.72. The molecule has 0 radical (unpaired) electrons. The molecule has 0 amide bonds. The Labute approximate surface area is 95.6 Å². The molecular weight excluding hydrogens is 202 g/mol. The predicted octanol–water partition coefficient (Wildman–Crippen LogP) is 1.86. The Balaban J connectivity index is 1.64. The molecule has 0 spiro atoms. The quantitative estimate of drug-likeness (QED) is 0.769. The molecule has 3 nitrogen and oxygen atoms in total. The molecule has 0 aromatic heterocycles. The molecule has 2 N–H and O–H groups in total. The number of ether oxygens (including phenoxy) is 1. The number of esters is 1. The van der Waals surface area contributed by atoms with E-state index < -0.39 is 0 Å². The summed E-state index contributed by atoms with van der Waals surface area (Å²) in [6.45, 7) is 0.371. The second-order valence-corrected chi connectivity index (χ2v) is 4.34. The standard InChI is InChI=1S/C13H17NO2/c14-12-8-11(12)6-7-13(15)16-9-10-4-2-1-3-5-10/h1-5,11-12H,6-9,14H2. The van der Waals surface area contributed by atoms with Gasteiger partial charge in [-0.1, -0.05) is 30.3 Å². The highest BCUT2D eigenvalue weighted by molar-refractivity contribution is 5.69. The fraction of sp³-hybridized carbons (Fsp3) is 0.462. The molecule has 0 aliphatic heterocycles. The molecule has 0 saturated heterocycles. The molecule has 1 aliphatic rings. The molecule has 86 valence electrons. The normalized spacial score (nSPS) is 22.8. The monoisotopic (exact) mass is 219 g/mol. The van der Waals surface area contributed by atoms with Gasteiger partial charge in [-0.2, -0.15) is 0 Å². The van der Waals surface area contributed by atoms with Crippen molar-refractivity contribution in [3.63, 3.8) is 0 Å². The minimum absolute atomic E-state index is 0.122. The summed E-state index contributed by atoms with van der Waals surface area (Å²) in [5.74, 6) is 0.423. The summed E-state index contributed by atoms with van der Waals surface area (Å²) in [4.78, 5) is 11.4. The van der Waals surface area contributed by atoms with Crippen LogP contribution in [0.25, 0.3) is 0 Å². The topological polar surface area (TPSA) is 52.3 Å². The molecule has 2 rings (SSSR count). The van der Waals surface area contributed by atoms with Gasteiger partial charge < -0.3 is 10.5 Å². The molecular formula is C13H17NO2. The Morgan fingerprint density at radius 1 is 1.38 bits per heavy atom. The number of benzene rings is 1. The number of carbonyl (C=O) groups is 1. The largest absolute Gasteiger partial charge is 0.461 e. The van der Waals surface area contributed by atoms with Crippen LogP contribution in [0.3, 0.4) is 0 Å². The van der Waals surface area contributed by atoms with E-state index in [1.165, 1.54) is 0 Å². The van der Waals surface area contributed by atoms with Gasteiger partial charge in [0.2, 0.25) is 0 Å². The summed E-state index contributed by atoms with van der Waals surface area (Å²) < 4.78 is 5.16. The van der Waals surface area contributed by atoms with Gasteiger partial charge in [0, 0.05) is 12.5 Å². The molecule has 2 unspecified atom stereocenters. The smallest absolute Gasteiger partial charge is 0.306 e. The van der Waals surface area contributed by atoms with Crippen LogP contribution >= 0.6 is 0 Å². The van der Waals surface area contributed by atoms with E-state index >= 15 is 0 Å². The van der Waals surface area contributed by atoms with Crippen LogP contribution in [0.4, 0.5) is 0 Å². The van der Waals surface area contributed by atoms with Crippen LogP contribution in [0.15, 0.2) is 30.3 Å². The SMILES string of the molecule is NC1CC1CCC(=O)OCc1ccccc1. The Hall–Kier alpha value is -1.35. The molecule has 3 heteroatoms. The van der Waals surface area contributed by atoms with E-state index in [-0.39, 0.29) is 5.97 Å². The van der Waals surface area contributed by atoms with Gasteiger partial charge in [0.25, 0.3) is 0 Å². The van der Waals surface area contributed by atoms with Crippen molar-refractivity contribution in [2.45, 2.75) is 31.9 Å². The summed E-state index contributed by atoms with van der Waals surface area (Å²) in [5.41, 5.74) is 6.69. The lowest BCUT2D eigenvalue weighted by Crippen LogP contribution is -2.07. The Morgan fingerprint density at radius 2 is 2.06 bits per heavy atom. The molecule has 16 heavy (non-hydrogen) atoms. The van der Waals surface area contributed by atoms with Crippen molar-refractivity contribution in [2.75, 3.05) is 0 Å². The van der Waals surface area contributed by atoms with Crippen molar-refractivity contribution in [2.24, 2.45) is 11.7 Å². The first-order chi connectivity index (χ1) is 7.75. The van der Waals surface area contributed by atoms with E-state index in [2.05, 4.69) is 0 Å². The zero-order chi connectivity index (χ0) is 11.4. The highest BCUT2D eigenvalue weighted by atomic mass is 16.5. The van der Waals surface area contributed by atoms with E-state index in [9.17, 15) is 4.79 Å². The van der Waals surface area contributed by atoms with E-state index in [0.717, 1.165) is 18.4 Å². The molecule has 0 heterocycles. The van der Waals surface area contributed by atoms with E-state index in [0.29, 0.717) is 25.0 Å². The number of hydrogen-bond donors (Lipinski definition) is 1. The number of nitrogens with two attached hydrogens (primary N) is 1. The maximum atomic E-state index is 11.4. The van der Waals surface area contributed by atoms with Gasteiger partial charge in [-0.05, 0) is 24.3 Å². The van der Waals surface area contributed by atoms with Crippen molar-refractivity contribution >= 4 is 5.97 Å². The van der Waals surface area contributed by atoms with Gasteiger partial charge in [0.15, 0.2) is 0 Å². The average Bonchev–Trinajstić information content (AvgIpc) is 3.01. The third-order valence-corrected chi connectivity index (χ3v) is 2.94. The second kappa shape index (κ2) is 5.12. The van der Waals surface area contributed by atoms with Gasteiger partial charge in [-0.3, -0.25) is 4.79 Å². The first-order valence-electron chi connectivity index (χ1n) is 5.71. The summed E-state index contributed by atoms with van der Waals surface area (Å²) in [6.07, 6.45) is 2.42. The lowest BCUT2D eigenvalue weighted by atomic mass is 10.2. The summed E-state index contributed by atoms with van der Waals surface area (Å²) in [5, 5.41) is 0. The molecule has 1 aromatic carbocycles. The van der Waals surface area contributed by atoms with Crippen LogP contribution in [0.1, 0.15) is 24.8 Å². The van der Waals surface area contributed by atoms with Crippen molar-refractivity contribution in [1.82, 2.24) is 0 Å². The van der Waals surface area contributed by atoms with Crippen molar-refractivity contribution < 1.29 is 9.53 Å². The minimum Gasteiger partial charge on any atom is -0.461 e. The van der Waals surface area contributed by atoms with E-state index in [1.807, 2.05) is 30.3 Å². The second-order valence-electron chi connectivity index (χ2n) is 4.34. The van der Waals surface area contributed by atoms with Crippen LogP contribution in [-0.2, 0) is 16.1 Å². The maximum Gasteiger partial charge on any atom is 0.306 e. The Kier molecular flexibility index (Phi) is 3.57. The highest BCUT2D eigenvalue weighted by Crippen LogP contribution is 2.32. The van der Waals surface area contributed by atoms with Crippen LogP contribution in [0.2, 0.25) is 0 Å². The molecule has 2 atom stereocenters. The first-order valence-corrected chi connectivity index (χ1v) is 5.71. The van der Waals surface area contributed by atoms with Crippen molar-refractivity contribution in [3.8, 4) is 0 Å². The third-order valence-electron chi connectivity index (χ3n) is 2.94. The third kappa shape index (κ3) is 3.35.